The lowest BCUT2D eigenvalue weighted by Crippen LogP contribution is -2.52. The fourth-order valence-electron chi connectivity index (χ4n) is 5.19. The van der Waals surface area contributed by atoms with Gasteiger partial charge in [-0.2, -0.15) is 5.10 Å². The Balaban J connectivity index is 1.24. The lowest BCUT2D eigenvalue weighted by molar-refractivity contribution is 0.0821. The molecule has 1 aromatic carbocycles. The van der Waals surface area contributed by atoms with E-state index in [1.165, 1.54) is 18.4 Å². The van der Waals surface area contributed by atoms with Crippen molar-refractivity contribution in [3.63, 3.8) is 0 Å². The third-order valence-electron chi connectivity index (χ3n) is 6.60. The second-order valence-electron chi connectivity index (χ2n) is 8.61. The summed E-state index contributed by atoms with van der Waals surface area (Å²) >= 11 is 0. The molecular formula is C23H28N6O2. The molecule has 31 heavy (non-hydrogen) atoms. The normalized spacial score (nSPS) is 23.1. The molecule has 162 valence electrons. The molecule has 3 heterocycles. The van der Waals surface area contributed by atoms with E-state index in [0.29, 0.717) is 24.1 Å². The molecule has 1 unspecified atom stereocenters. The molecule has 2 bridgehead atoms. The number of fused-ring (bicyclic) bond motifs is 2. The zero-order valence-electron chi connectivity index (χ0n) is 17.7. The second-order valence-corrected chi connectivity index (χ2v) is 8.61. The number of likely N-dealkylation sites (tertiary alicyclic amines) is 1. The molecule has 1 amide bonds. The first-order chi connectivity index (χ1) is 15.2. The summed E-state index contributed by atoms with van der Waals surface area (Å²) in [5.41, 5.74) is 3.01. The Morgan fingerprint density at radius 3 is 2.74 bits per heavy atom. The highest BCUT2D eigenvalue weighted by Crippen LogP contribution is 2.37. The molecule has 2 fully saturated rings. The third-order valence-corrected chi connectivity index (χ3v) is 6.60. The number of benzene rings is 1. The van der Waals surface area contributed by atoms with Gasteiger partial charge in [-0.05, 0) is 54.5 Å². The molecule has 8 nitrogen and oxygen atoms in total. The summed E-state index contributed by atoms with van der Waals surface area (Å²) in [6, 6.07) is 10.3. The zero-order valence-corrected chi connectivity index (χ0v) is 17.7. The van der Waals surface area contributed by atoms with Gasteiger partial charge < -0.3 is 15.0 Å². The van der Waals surface area contributed by atoms with Crippen molar-refractivity contribution in [1.82, 2.24) is 30.0 Å². The average molecular weight is 421 g/mol. The van der Waals surface area contributed by atoms with Crippen molar-refractivity contribution in [3.8, 4) is 5.75 Å². The number of rotatable bonds is 7. The molecular weight excluding hydrogens is 392 g/mol. The number of piperidine rings is 1. The molecule has 1 saturated carbocycles. The predicted octanol–water partition coefficient (Wildman–Crippen LogP) is 2.30. The quantitative estimate of drug-likeness (QED) is 0.612. The minimum atomic E-state index is 0.00765. The van der Waals surface area contributed by atoms with E-state index in [0.717, 1.165) is 30.9 Å². The van der Waals surface area contributed by atoms with Gasteiger partial charge >= 0.3 is 0 Å². The molecule has 0 spiro atoms. The van der Waals surface area contributed by atoms with Crippen LogP contribution < -0.4 is 10.1 Å². The van der Waals surface area contributed by atoms with Crippen LogP contribution in [0, 0.1) is 11.8 Å². The van der Waals surface area contributed by atoms with Crippen LogP contribution in [0.15, 0.2) is 49.2 Å². The van der Waals surface area contributed by atoms with Gasteiger partial charge in [0, 0.05) is 37.4 Å². The fraction of sp³-hybridized carbons (Fsp3) is 0.435. The van der Waals surface area contributed by atoms with Crippen molar-refractivity contribution in [1.29, 1.82) is 0 Å². The second kappa shape index (κ2) is 8.55. The van der Waals surface area contributed by atoms with Gasteiger partial charge in [0.2, 0.25) is 0 Å². The minimum Gasteiger partial charge on any atom is -0.496 e. The van der Waals surface area contributed by atoms with Gasteiger partial charge in [-0.15, -0.1) is 0 Å². The summed E-state index contributed by atoms with van der Waals surface area (Å²) in [5, 5.41) is 7.50. The smallest absolute Gasteiger partial charge is 0.267 e. The number of amides is 1. The number of aromatic amines is 1. The van der Waals surface area contributed by atoms with E-state index in [1.807, 2.05) is 18.2 Å². The zero-order chi connectivity index (χ0) is 21.2. The molecule has 2 aliphatic rings. The largest absolute Gasteiger partial charge is 0.496 e. The summed E-state index contributed by atoms with van der Waals surface area (Å²) in [7, 11) is 1.70. The number of hydrogen-bond donors (Lipinski definition) is 2. The Morgan fingerprint density at radius 1 is 1.23 bits per heavy atom. The SMILES string of the molecule is COc1ccc(CN2C[C@H]3CC[C@@H](C2)C3NC(=O)c2ccc[nH]2)cc1Cn1cncn1. The van der Waals surface area contributed by atoms with Crippen LogP contribution in [-0.4, -0.2) is 56.8 Å². The van der Waals surface area contributed by atoms with E-state index < -0.39 is 0 Å². The number of carbonyl (C=O) groups excluding carboxylic acids is 1. The van der Waals surface area contributed by atoms with E-state index in [4.69, 9.17) is 4.74 Å². The molecule has 1 aliphatic heterocycles. The van der Waals surface area contributed by atoms with Crippen LogP contribution in [0.4, 0.5) is 0 Å². The lowest BCUT2D eigenvalue weighted by Gasteiger charge is -2.38. The molecule has 1 saturated heterocycles. The number of nitrogens with zero attached hydrogens (tertiary/aromatic N) is 4. The number of hydrogen-bond acceptors (Lipinski definition) is 5. The monoisotopic (exact) mass is 420 g/mol. The van der Waals surface area contributed by atoms with Crippen molar-refractivity contribution in [2.24, 2.45) is 11.8 Å². The van der Waals surface area contributed by atoms with Crippen LogP contribution in [0.25, 0.3) is 0 Å². The Morgan fingerprint density at radius 2 is 2.06 bits per heavy atom. The van der Waals surface area contributed by atoms with Gasteiger partial charge in [-0.1, -0.05) is 6.07 Å². The molecule has 8 heteroatoms. The Labute approximate surface area is 181 Å². The van der Waals surface area contributed by atoms with Crippen molar-refractivity contribution in [2.75, 3.05) is 20.2 Å². The average Bonchev–Trinajstić information content (AvgIpc) is 3.51. The highest BCUT2D eigenvalue weighted by molar-refractivity contribution is 5.92. The van der Waals surface area contributed by atoms with Crippen LogP contribution in [0.1, 0.15) is 34.5 Å². The number of H-pyrrole nitrogens is 1. The van der Waals surface area contributed by atoms with Crippen LogP contribution in [0.2, 0.25) is 0 Å². The molecule has 3 atom stereocenters. The van der Waals surface area contributed by atoms with Gasteiger partial charge in [0.15, 0.2) is 0 Å². The lowest BCUT2D eigenvalue weighted by atomic mass is 9.91. The topological polar surface area (TPSA) is 88.1 Å². The van der Waals surface area contributed by atoms with E-state index in [1.54, 1.807) is 30.6 Å². The van der Waals surface area contributed by atoms with Gasteiger partial charge in [0.25, 0.3) is 5.91 Å². The van der Waals surface area contributed by atoms with Crippen LogP contribution in [-0.2, 0) is 13.1 Å². The first-order valence-electron chi connectivity index (χ1n) is 10.8. The summed E-state index contributed by atoms with van der Waals surface area (Å²) in [4.78, 5) is 22.1. The van der Waals surface area contributed by atoms with Gasteiger partial charge in [-0.25, -0.2) is 9.67 Å². The van der Waals surface area contributed by atoms with E-state index in [-0.39, 0.29) is 11.9 Å². The molecule has 3 aromatic rings. The van der Waals surface area contributed by atoms with Gasteiger partial charge in [-0.3, -0.25) is 9.69 Å². The highest BCUT2D eigenvalue weighted by Gasteiger charge is 2.42. The minimum absolute atomic E-state index is 0.00765. The van der Waals surface area contributed by atoms with E-state index in [2.05, 4.69) is 37.4 Å². The van der Waals surface area contributed by atoms with E-state index in [9.17, 15) is 4.79 Å². The van der Waals surface area contributed by atoms with Crippen molar-refractivity contribution < 1.29 is 9.53 Å². The number of carbonyl (C=O) groups is 1. The van der Waals surface area contributed by atoms with Gasteiger partial charge in [0.1, 0.15) is 24.1 Å². The van der Waals surface area contributed by atoms with Crippen molar-refractivity contribution in [3.05, 3.63) is 66.0 Å². The van der Waals surface area contributed by atoms with Crippen LogP contribution >= 0.6 is 0 Å². The van der Waals surface area contributed by atoms with Crippen LogP contribution in [0.5, 0.6) is 5.75 Å². The summed E-state index contributed by atoms with van der Waals surface area (Å²) in [6.45, 7) is 3.56. The maximum absolute atomic E-state index is 12.5. The van der Waals surface area contributed by atoms with Crippen LogP contribution in [0.3, 0.4) is 0 Å². The number of aromatic nitrogens is 4. The maximum atomic E-state index is 12.5. The van der Waals surface area contributed by atoms with Gasteiger partial charge in [0.05, 0.1) is 13.7 Å². The summed E-state index contributed by atoms with van der Waals surface area (Å²) in [6.07, 6.45) is 7.41. The Hall–Kier alpha value is -3.13. The van der Waals surface area contributed by atoms with Crippen molar-refractivity contribution in [2.45, 2.75) is 32.0 Å². The Bertz CT molecular complexity index is 1000. The molecule has 5 rings (SSSR count). The predicted molar refractivity (Wildman–Crippen MR) is 116 cm³/mol. The first kappa shape index (κ1) is 19.8. The molecule has 1 aliphatic carbocycles. The summed E-state index contributed by atoms with van der Waals surface area (Å²) in [5.74, 6) is 1.88. The van der Waals surface area contributed by atoms with Crippen molar-refractivity contribution >= 4 is 5.91 Å². The summed E-state index contributed by atoms with van der Waals surface area (Å²) < 4.78 is 7.35. The molecule has 2 N–H and O–H groups in total. The van der Waals surface area contributed by atoms with E-state index >= 15 is 0 Å². The number of nitrogens with one attached hydrogen (secondary N) is 2. The standard InChI is InChI=1S/C23H28N6O2/c1-31-21-7-4-16(9-19(21)13-29-15-24-14-26-29)10-28-11-17-5-6-18(12-28)22(17)27-23(30)20-3-2-8-25-20/h2-4,7-9,14-15,17-18,22,25H,5-6,10-13H2,1H3,(H,27,30)/t17-,18+,22?. The number of methoxy groups -OCH3 is 1. The fourth-order valence-corrected chi connectivity index (χ4v) is 5.19. The highest BCUT2D eigenvalue weighted by atomic mass is 16.5. The molecule has 0 radical (unpaired) electrons. The molecule has 2 aromatic heterocycles. The maximum Gasteiger partial charge on any atom is 0.267 e. The number of ether oxygens (including phenoxy) is 1. The Kier molecular flexibility index (Phi) is 5.46. The third kappa shape index (κ3) is 4.20. The first-order valence-corrected chi connectivity index (χ1v) is 10.8.